The Balaban J connectivity index is 0.000000141. The number of aliphatic hydroxyl groups excluding tert-OH is 1. The number of aromatic nitrogens is 15. The summed E-state index contributed by atoms with van der Waals surface area (Å²) < 4.78 is 27.8. The van der Waals surface area contributed by atoms with Gasteiger partial charge in [-0.3, -0.25) is 18.8 Å². The molecule has 564 valence electrons. The van der Waals surface area contributed by atoms with Crippen LogP contribution in [0.25, 0.3) is 49.9 Å². The molecular formula is C79H111N19O7. The number of amides is 1. The summed E-state index contributed by atoms with van der Waals surface area (Å²) in [4.78, 5) is 29.4. The number of aliphatic hydroxyl groups is 3. The van der Waals surface area contributed by atoms with Crippen molar-refractivity contribution in [3.8, 4) is 45.7 Å². The van der Waals surface area contributed by atoms with Gasteiger partial charge in [-0.15, -0.1) is 27.6 Å². The van der Waals surface area contributed by atoms with E-state index in [1.165, 1.54) is 49.9 Å². The number of carbonyl (C=O) groups is 1. The first kappa shape index (κ1) is 74.9. The third-order valence-corrected chi connectivity index (χ3v) is 23.3. The number of hydrogen-bond acceptors (Lipinski definition) is 19. The SMILES string of the molecule is C#CC1(C)CCN(C(=O)C(C)(C)n2cc(-c3cc(C4CCC(O)CC4)n4nc(N[C@@H](C)COC)ncc34)cn2)CC1.COC[C@H](C)Nc1ncc2c(-c3cnn(C4CCC4)c3)cc(C3CCC(C)(O)CC3)n2n1.COC[C@H](C)Nc1ncc2c(-c3cnn(C4CCC4)c3)cc(C3CCC(C)(O)CC3)n2n1. The molecule has 0 spiro atoms. The molecule has 1 amide bonds. The van der Waals surface area contributed by atoms with E-state index < -0.39 is 16.7 Å². The van der Waals surface area contributed by atoms with Crippen LogP contribution < -0.4 is 16.0 Å². The van der Waals surface area contributed by atoms with Gasteiger partial charge in [-0.05, 0) is 202 Å². The molecule has 6 N–H and O–H groups in total. The Hall–Kier alpha value is -8.32. The van der Waals surface area contributed by atoms with Gasteiger partial charge in [0.25, 0.3) is 0 Å². The Morgan fingerprint density at radius 1 is 0.543 bits per heavy atom. The Morgan fingerprint density at radius 2 is 0.905 bits per heavy atom. The van der Waals surface area contributed by atoms with E-state index in [1.54, 1.807) is 26.0 Å². The van der Waals surface area contributed by atoms with Crippen molar-refractivity contribution in [2.45, 2.75) is 255 Å². The highest BCUT2D eigenvalue weighted by Crippen LogP contribution is 2.45. The van der Waals surface area contributed by atoms with E-state index in [4.69, 9.17) is 35.9 Å². The molecule has 3 atom stereocenters. The fourth-order valence-corrected chi connectivity index (χ4v) is 16.0. The second kappa shape index (κ2) is 31.6. The molecule has 5 aliphatic carbocycles. The molecule has 0 aromatic carbocycles. The van der Waals surface area contributed by atoms with Gasteiger partial charge in [-0.25, -0.2) is 28.5 Å². The van der Waals surface area contributed by atoms with Gasteiger partial charge in [-0.2, -0.15) is 15.3 Å². The van der Waals surface area contributed by atoms with Crippen molar-refractivity contribution in [3.05, 3.63) is 91.1 Å². The number of hydrogen-bond donors (Lipinski definition) is 6. The topological polar surface area (TPSA) is 289 Å². The maximum atomic E-state index is 13.6. The van der Waals surface area contributed by atoms with E-state index in [1.807, 2.05) is 87.4 Å². The van der Waals surface area contributed by atoms with Crippen molar-refractivity contribution in [2.24, 2.45) is 5.41 Å². The third kappa shape index (κ3) is 16.8. The number of ether oxygens (including phenoxy) is 3. The summed E-state index contributed by atoms with van der Waals surface area (Å²) in [6.45, 7) is 19.0. The highest BCUT2D eigenvalue weighted by Gasteiger charge is 2.40. The van der Waals surface area contributed by atoms with Crippen LogP contribution in [0, 0.1) is 17.8 Å². The third-order valence-electron chi connectivity index (χ3n) is 23.3. The molecule has 1 saturated heterocycles. The smallest absolute Gasteiger partial charge is 0.249 e. The summed E-state index contributed by atoms with van der Waals surface area (Å²) in [5.41, 5.74) is 10.6. The first-order chi connectivity index (χ1) is 50.4. The molecule has 26 nitrogen and oxygen atoms in total. The Labute approximate surface area is 616 Å². The highest BCUT2D eigenvalue weighted by atomic mass is 16.5. The van der Waals surface area contributed by atoms with Gasteiger partial charge in [0.15, 0.2) is 0 Å². The van der Waals surface area contributed by atoms with Gasteiger partial charge < -0.3 is 50.4 Å². The van der Waals surface area contributed by atoms with Crippen LogP contribution in [0.5, 0.6) is 0 Å². The van der Waals surface area contributed by atoms with Crippen molar-refractivity contribution in [1.29, 1.82) is 0 Å². The number of carbonyl (C=O) groups excluding carboxylic acids is 1. The van der Waals surface area contributed by atoms with Gasteiger partial charge >= 0.3 is 0 Å². The summed E-state index contributed by atoms with van der Waals surface area (Å²) in [5, 5.41) is 69.6. The van der Waals surface area contributed by atoms with E-state index in [0.717, 1.165) is 146 Å². The first-order valence-corrected chi connectivity index (χ1v) is 38.4. The molecule has 6 fully saturated rings. The average molecular weight is 1440 g/mol. The minimum Gasteiger partial charge on any atom is -0.393 e. The van der Waals surface area contributed by atoms with Crippen molar-refractivity contribution in [1.82, 2.24) is 78.0 Å². The number of terminal acetylenes is 1. The minimum absolute atomic E-state index is 0.0404. The second-order valence-corrected chi connectivity index (χ2v) is 32.5. The summed E-state index contributed by atoms with van der Waals surface area (Å²) in [7, 11) is 5.06. The number of fused-ring (bicyclic) bond motifs is 3. The molecule has 15 rings (SSSR count). The van der Waals surface area contributed by atoms with Crippen LogP contribution in [0.4, 0.5) is 17.8 Å². The number of nitrogens with zero attached hydrogens (tertiary/aromatic N) is 16. The summed E-state index contributed by atoms with van der Waals surface area (Å²) in [6.07, 6.45) is 42.6. The predicted octanol–water partition coefficient (Wildman–Crippen LogP) is 12.4. The number of anilines is 3. The molecule has 10 heterocycles. The fourth-order valence-electron chi connectivity index (χ4n) is 16.0. The lowest BCUT2D eigenvalue weighted by Crippen LogP contribution is -2.51. The molecule has 6 aliphatic rings. The van der Waals surface area contributed by atoms with Crippen LogP contribution in [0.3, 0.4) is 0 Å². The van der Waals surface area contributed by atoms with Crippen LogP contribution in [-0.4, -0.2) is 189 Å². The standard InChI is InChI=1S/C31H43N7O3.2C24H34N6O2/c1-7-31(5)12-14-36(15-13-31)28(40)30(3,4)37-19-23(17-33-37)25-16-26(22-8-10-24(39)11-9-22)38-27(25)18-32-29(35-38)34-21(2)20-41-6;2*1-16(15-32-3)27-23-25-13-22-20(18-12-26-29(14-18)19-5-4-6-19)11-21(30(22)28-23)17-7-9-24(2,31)10-8-17/h1,16-19,21-22,24,39H,8-15,20H2,2-6H3,(H,34,35);2*11-14,16-17,19,31H,4-10,15H2,1-3H3,(H,27,28)/t21-,22?,24?;2*16-,17?,24?/m000/s1. The van der Waals surface area contributed by atoms with Crippen molar-refractivity contribution >= 4 is 40.3 Å². The largest absolute Gasteiger partial charge is 0.393 e. The molecule has 5 saturated carbocycles. The van der Waals surface area contributed by atoms with Gasteiger partial charge in [0.1, 0.15) is 5.54 Å². The second-order valence-electron chi connectivity index (χ2n) is 32.5. The molecule has 1 aliphatic heterocycles. The first-order valence-electron chi connectivity index (χ1n) is 38.4. The number of methoxy groups -OCH3 is 3. The zero-order chi connectivity index (χ0) is 74.0. The van der Waals surface area contributed by atoms with Gasteiger partial charge in [0.2, 0.25) is 23.8 Å². The predicted molar refractivity (Wildman–Crippen MR) is 406 cm³/mol. The normalized spacial score (nSPS) is 23.8. The van der Waals surface area contributed by atoms with Crippen LogP contribution in [0.2, 0.25) is 0 Å². The molecule has 0 unspecified atom stereocenters. The number of nitrogens with one attached hydrogen (secondary N) is 3. The molecule has 9 aromatic heterocycles. The molecule has 0 radical (unpaired) electrons. The summed E-state index contributed by atoms with van der Waals surface area (Å²) in [6, 6.07) is 8.05. The molecular weight excluding hydrogens is 1330 g/mol. The van der Waals surface area contributed by atoms with Crippen LogP contribution in [0.15, 0.2) is 74.0 Å². The summed E-state index contributed by atoms with van der Waals surface area (Å²) in [5.74, 6) is 5.66. The van der Waals surface area contributed by atoms with Crippen LogP contribution in [0.1, 0.15) is 231 Å². The molecule has 0 bridgehead atoms. The quantitative estimate of drug-likeness (QED) is 0.0344. The highest BCUT2D eigenvalue weighted by molar-refractivity contribution is 5.85. The van der Waals surface area contributed by atoms with E-state index >= 15 is 0 Å². The monoisotopic (exact) mass is 1440 g/mol. The molecule has 105 heavy (non-hydrogen) atoms. The van der Waals surface area contributed by atoms with Gasteiger partial charge in [-0.1, -0.05) is 0 Å². The van der Waals surface area contributed by atoms with Gasteiger partial charge in [0.05, 0.1) is 103 Å². The maximum Gasteiger partial charge on any atom is 0.249 e. The lowest BCUT2D eigenvalue weighted by Gasteiger charge is -2.39. The molecule has 26 heteroatoms. The lowest BCUT2D eigenvalue weighted by molar-refractivity contribution is -0.141. The van der Waals surface area contributed by atoms with Crippen LogP contribution >= 0.6 is 0 Å². The summed E-state index contributed by atoms with van der Waals surface area (Å²) >= 11 is 0. The zero-order valence-corrected chi connectivity index (χ0v) is 63.5. The Bertz CT molecular complexity index is 4280. The minimum atomic E-state index is -0.856. The van der Waals surface area contributed by atoms with E-state index in [9.17, 15) is 20.1 Å². The van der Waals surface area contributed by atoms with E-state index in [-0.39, 0.29) is 41.5 Å². The van der Waals surface area contributed by atoms with Gasteiger partial charge in [0, 0.05) is 145 Å². The zero-order valence-electron chi connectivity index (χ0n) is 63.5. The van der Waals surface area contributed by atoms with Crippen molar-refractivity contribution in [2.75, 3.05) is 70.2 Å². The van der Waals surface area contributed by atoms with Crippen LogP contribution in [-0.2, 0) is 24.5 Å². The van der Waals surface area contributed by atoms with Crippen molar-refractivity contribution < 1.29 is 34.3 Å². The van der Waals surface area contributed by atoms with Crippen molar-refractivity contribution in [3.63, 3.8) is 0 Å². The van der Waals surface area contributed by atoms with E-state index in [0.29, 0.717) is 74.7 Å². The van der Waals surface area contributed by atoms with E-state index in [2.05, 4.69) is 122 Å². The number of likely N-dealkylation sites (tertiary alicyclic amines) is 1. The number of piperidine rings is 1. The number of rotatable bonds is 22. The average Bonchev–Trinajstić information content (AvgIpc) is 1.63. The fraction of sp³-hybridized carbons (Fsp3) is 0.620. The lowest BCUT2D eigenvalue weighted by atomic mass is 9.78. The Morgan fingerprint density at radius 3 is 1.26 bits per heavy atom. The Kier molecular flexibility index (Phi) is 22.6. The maximum absolute atomic E-state index is 13.6. The molecule has 9 aromatic rings.